The SMILES string of the molecule is CCOC(=O)C1CCN(C(=O)N[C@@H]2COc3ccc(OC)cc3C2)CC1. The summed E-state index contributed by atoms with van der Waals surface area (Å²) in [6, 6.07) is 5.52. The number of nitrogens with one attached hydrogen (secondary N) is 1. The Kier molecular flexibility index (Phi) is 5.85. The maximum atomic E-state index is 12.5. The number of hydrogen-bond acceptors (Lipinski definition) is 5. The van der Waals surface area contributed by atoms with Gasteiger partial charge in [0, 0.05) is 13.1 Å². The van der Waals surface area contributed by atoms with Crippen molar-refractivity contribution in [1.29, 1.82) is 0 Å². The van der Waals surface area contributed by atoms with E-state index in [0.717, 1.165) is 17.1 Å². The number of hydrogen-bond donors (Lipinski definition) is 1. The van der Waals surface area contributed by atoms with Gasteiger partial charge < -0.3 is 24.4 Å². The van der Waals surface area contributed by atoms with Gasteiger partial charge in [0.2, 0.25) is 0 Å². The minimum Gasteiger partial charge on any atom is -0.497 e. The van der Waals surface area contributed by atoms with E-state index in [0.29, 0.717) is 45.6 Å². The van der Waals surface area contributed by atoms with Crippen LogP contribution in [0.2, 0.25) is 0 Å². The Balaban J connectivity index is 1.50. The maximum Gasteiger partial charge on any atom is 0.317 e. The number of esters is 1. The molecular formula is C19H26N2O5. The van der Waals surface area contributed by atoms with Crippen LogP contribution < -0.4 is 14.8 Å². The Labute approximate surface area is 153 Å². The first-order valence-corrected chi connectivity index (χ1v) is 9.12. The van der Waals surface area contributed by atoms with Crippen LogP contribution in [-0.2, 0) is 16.0 Å². The molecule has 0 aromatic heterocycles. The molecule has 1 aromatic carbocycles. The van der Waals surface area contributed by atoms with Gasteiger partial charge in [-0.25, -0.2) is 4.79 Å². The van der Waals surface area contributed by atoms with Gasteiger partial charge in [-0.1, -0.05) is 0 Å². The average molecular weight is 362 g/mol. The molecule has 0 radical (unpaired) electrons. The van der Waals surface area contributed by atoms with Gasteiger partial charge in [0.05, 0.1) is 25.7 Å². The fourth-order valence-electron chi connectivity index (χ4n) is 3.43. The minimum atomic E-state index is -0.154. The summed E-state index contributed by atoms with van der Waals surface area (Å²) in [4.78, 5) is 26.1. The molecule has 0 spiro atoms. The number of ether oxygens (including phenoxy) is 3. The van der Waals surface area contributed by atoms with Crippen molar-refractivity contribution in [3.8, 4) is 11.5 Å². The van der Waals surface area contributed by atoms with Crippen molar-refractivity contribution in [3.05, 3.63) is 23.8 Å². The topological polar surface area (TPSA) is 77.1 Å². The maximum absolute atomic E-state index is 12.5. The third-order valence-corrected chi connectivity index (χ3v) is 4.90. The lowest BCUT2D eigenvalue weighted by molar-refractivity contribution is -0.149. The number of carbonyl (C=O) groups excluding carboxylic acids is 2. The van der Waals surface area contributed by atoms with E-state index >= 15 is 0 Å². The second kappa shape index (κ2) is 8.29. The first kappa shape index (κ1) is 18.4. The Bertz CT molecular complexity index is 655. The second-order valence-electron chi connectivity index (χ2n) is 6.65. The Morgan fingerprint density at radius 3 is 2.77 bits per heavy atom. The van der Waals surface area contributed by atoms with E-state index in [4.69, 9.17) is 14.2 Å². The van der Waals surface area contributed by atoms with Gasteiger partial charge in [-0.2, -0.15) is 0 Å². The minimum absolute atomic E-state index is 0.0788. The summed E-state index contributed by atoms with van der Waals surface area (Å²) >= 11 is 0. The van der Waals surface area contributed by atoms with E-state index < -0.39 is 0 Å². The van der Waals surface area contributed by atoms with E-state index in [1.54, 1.807) is 18.9 Å². The van der Waals surface area contributed by atoms with E-state index in [1.807, 2.05) is 18.2 Å². The molecule has 2 aliphatic heterocycles. The Hall–Kier alpha value is -2.44. The van der Waals surface area contributed by atoms with Crippen LogP contribution in [0.3, 0.4) is 0 Å². The molecule has 7 heteroatoms. The molecule has 1 fully saturated rings. The van der Waals surface area contributed by atoms with Crippen molar-refractivity contribution < 1.29 is 23.8 Å². The molecule has 0 unspecified atom stereocenters. The number of fused-ring (bicyclic) bond motifs is 1. The van der Waals surface area contributed by atoms with Gasteiger partial charge in [-0.05, 0) is 49.9 Å². The number of carbonyl (C=O) groups is 2. The number of methoxy groups -OCH3 is 1. The van der Waals surface area contributed by atoms with Crippen molar-refractivity contribution in [2.75, 3.05) is 33.4 Å². The van der Waals surface area contributed by atoms with Gasteiger partial charge in [-0.3, -0.25) is 4.79 Å². The van der Waals surface area contributed by atoms with Crippen LogP contribution in [0.4, 0.5) is 4.79 Å². The molecule has 2 aliphatic rings. The highest BCUT2D eigenvalue weighted by Crippen LogP contribution is 2.28. The lowest BCUT2D eigenvalue weighted by Gasteiger charge is -2.33. The third-order valence-electron chi connectivity index (χ3n) is 4.90. The predicted molar refractivity (Wildman–Crippen MR) is 95.4 cm³/mol. The van der Waals surface area contributed by atoms with Crippen molar-refractivity contribution in [2.24, 2.45) is 5.92 Å². The van der Waals surface area contributed by atoms with Crippen LogP contribution in [0.25, 0.3) is 0 Å². The summed E-state index contributed by atoms with van der Waals surface area (Å²) < 4.78 is 16.1. The van der Waals surface area contributed by atoms with E-state index in [2.05, 4.69) is 5.32 Å². The lowest BCUT2D eigenvalue weighted by Crippen LogP contribution is -2.51. The number of piperidine rings is 1. The zero-order valence-corrected chi connectivity index (χ0v) is 15.3. The quantitative estimate of drug-likeness (QED) is 0.829. The normalized spacial score (nSPS) is 19.9. The fraction of sp³-hybridized carbons (Fsp3) is 0.579. The van der Waals surface area contributed by atoms with Gasteiger partial charge in [-0.15, -0.1) is 0 Å². The first-order chi connectivity index (χ1) is 12.6. The van der Waals surface area contributed by atoms with Crippen LogP contribution in [0.5, 0.6) is 11.5 Å². The summed E-state index contributed by atoms with van der Waals surface area (Å²) in [5, 5.41) is 3.04. The monoisotopic (exact) mass is 362 g/mol. The van der Waals surface area contributed by atoms with Gasteiger partial charge >= 0.3 is 12.0 Å². The fourth-order valence-corrected chi connectivity index (χ4v) is 3.43. The molecule has 0 saturated carbocycles. The van der Waals surface area contributed by atoms with E-state index in [-0.39, 0.29) is 24.0 Å². The molecule has 1 N–H and O–H groups in total. The van der Waals surface area contributed by atoms with Crippen molar-refractivity contribution in [1.82, 2.24) is 10.2 Å². The molecule has 7 nitrogen and oxygen atoms in total. The van der Waals surface area contributed by atoms with Crippen LogP contribution in [0.15, 0.2) is 18.2 Å². The average Bonchev–Trinajstić information content (AvgIpc) is 2.67. The molecule has 2 amide bonds. The van der Waals surface area contributed by atoms with Gasteiger partial charge in [0.1, 0.15) is 18.1 Å². The molecule has 3 rings (SSSR count). The summed E-state index contributed by atoms with van der Waals surface area (Å²) in [6.45, 7) is 3.78. The standard InChI is InChI=1S/C19H26N2O5/c1-3-25-18(22)13-6-8-21(9-7-13)19(23)20-15-10-14-11-16(24-2)4-5-17(14)26-12-15/h4-5,11,13,15H,3,6-10,12H2,1-2H3,(H,20,23)/t15-/m0/s1. The predicted octanol–water partition coefficient (Wildman–Crippen LogP) is 1.98. The van der Waals surface area contributed by atoms with Gasteiger partial charge in [0.25, 0.3) is 0 Å². The third kappa shape index (κ3) is 4.20. The number of amides is 2. The molecule has 142 valence electrons. The smallest absolute Gasteiger partial charge is 0.317 e. The number of rotatable bonds is 4. The Morgan fingerprint density at radius 2 is 2.08 bits per heavy atom. The van der Waals surface area contributed by atoms with Crippen LogP contribution in [-0.4, -0.2) is 56.4 Å². The highest BCUT2D eigenvalue weighted by molar-refractivity contribution is 5.76. The summed E-state index contributed by atoms with van der Waals surface area (Å²) in [6.07, 6.45) is 2.00. The molecular weight excluding hydrogens is 336 g/mol. The molecule has 0 aliphatic carbocycles. The van der Waals surface area contributed by atoms with Crippen LogP contribution >= 0.6 is 0 Å². The van der Waals surface area contributed by atoms with Gasteiger partial charge in [0.15, 0.2) is 0 Å². The molecule has 1 saturated heterocycles. The van der Waals surface area contributed by atoms with Crippen LogP contribution in [0, 0.1) is 5.92 Å². The largest absolute Gasteiger partial charge is 0.497 e. The highest BCUT2D eigenvalue weighted by atomic mass is 16.5. The Morgan fingerprint density at radius 1 is 1.31 bits per heavy atom. The summed E-state index contributed by atoms with van der Waals surface area (Å²) in [5.41, 5.74) is 1.03. The zero-order valence-electron chi connectivity index (χ0n) is 15.3. The van der Waals surface area contributed by atoms with E-state index in [1.165, 1.54) is 0 Å². The first-order valence-electron chi connectivity index (χ1n) is 9.12. The number of urea groups is 1. The molecule has 1 aromatic rings. The summed E-state index contributed by atoms with van der Waals surface area (Å²) in [7, 11) is 1.63. The lowest BCUT2D eigenvalue weighted by atomic mass is 9.97. The number of likely N-dealkylation sites (tertiary alicyclic amines) is 1. The zero-order chi connectivity index (χ0) is 18.5. The molecule has 26 heavy (non-hydrogen) atoms. The number of benzene rings is 1. The van der Waals surface area contributed by atoms with Crippen molar-refractivity contribution in [2.45, 2.75) is 32.2 Å². The molecule has 0 bridgehead atoms. The molecule has 1 atom stereocenters. The second-order valence-corrected chi connectivity index (χ2v) is 6.65. The summed E-state index contributed by atoms with van der Waals surface area (Å²) in [5.74, 6) is 1.36. The number of nitrogens with zero attached hydrogens (tertiary/aromatic N) is 1. The van der Waals surface area contributed by atoms with Crippen molar-refractivity contribution >= 4 is 12.0 Å². The van der Waals surface area contributed by atoms with E-state index in [9.17, 15) is 9.59 Å². The van der Waals surface area contributed by atoms with Crippen LogP contribution in [0.1, 0.15) is 25.3 Å². The molecule has 2 heterocycles. The highest BCUT2D eigenvalue weighted by Gasteiger charge is 2.30. The van der Waals surface area contributed by atoms with Crippen molar-refractivity contribution in [3.63, 3.8) is 0 Å².